The molecule has 0 aliphatic carbocycles. The van der Waals surface area contributed by atoms with Gasteiger partial charge in [0.15, 0.2) is 0 Å². The molecule has 64 valence electrons. The minimum atomic E-state index is -0.380. The SMILES string of the molecule is CC(=O)C(C)c1ccc(F)cn1. The van der Waals surface area contributed by atoms with Crippen LogP contribution in [0.3, 0.4) is 0 Å². The van der Waals surface area contributed by atoms with Gasteiger partial charge < -0.3 is 0 Å². The number of rotatable bonds is 2. The van der Waals surface area contributed by atoms with Crippen LogP contribution in [-0.4, -0.2) is 10.8 Å². The normalized spacial score (nSPS) is 12.6. The summed E-state index contributed by atoms with van der Waals surface area (Å²) in [5, 5.41) is 0. The molecular weight excluding hydrogens is 157 g/mol. The summed E-state index contributed by atoms with van der Waals surface area (Å²) < 4.78 is 12.4. The fourth-order valence-electron chi connectivity index (χ4n) is 0.852. The Kier molecular flexibility index (Phi) is 2.53. The molecule has 0 N–H and O–H groups in total. The van der Waals surface area contributed by atoms with Crippen LogP contribution in [0.4, 0.5) is 4.39 Å². The summed E-state index contributed by atoms with van der Waals surface area (Å²) in [5.74, 6) is -0.589. The summed E-state index contributed by atoms with van der Waals surface area (Å²) in [6.45, 7) is 3.25. The average Bonchev–Trinajstić information content (AvgIpc) is 2.04. The fourth-order valence-corrected chi connectivity index (χ4v) is 0.852. The largest absolute Gasteiger partial charge is 0.299 e. The molecule has 0 aliphatic rings. The number of pyridine rings is 1. The molecule has 1 unspecified atom stereocenters. The first-order valence-electron chi connectivity index (χ1n) is 3.73. The summed E-state index contributed by atoms with van der Waals surface area (Å²) in [7, 11) is 0. The van der Waals surface area contributed by atoms with E-state index in [0.29, 0.717) is 5.69 Å². The van der Waals surface area contributed by atoms with Gasteiger partial charge in [-0.2, -0.15) is 0 Å². The molecule has 0 spiro atoms. The van der Waals surface area contributed by atoms with Gasteiger partial charge in [-0.1, -0.05) is 0 Å². The van der Waals surface area contributed by atoms with E-state index in [1.54, 1.807) is 6.92 Å². The van der Waals surface area contributed by atoms with Crippen LogP contribution in [0.5, 0.6) is 0 Å². The second-order valence-corrected chi connectivity index (χ2v) is 2.73. The Morgan fingerprint density at radius 3 is 2.67 bits per heavy atom. The maximum absolute atomic E-state index is 12.4. The highest BCUT2D eigenvalue weighted by Gasteiger charge is 2.11. The van der Waals surface area contributed by atoms with Crippen LogP contribution < -0.4 is 0 Å². The van der Waals surface area contributed by atoms with Gasteiger partial charge in [0.1, 0.15) is 11.6 Å². The van der Waals surface area contributed by atoms with Gasteiger partial charge >= 0.3 is 0 Å². The molecule has 0 fully saturated rings. The van der Waals surface area contributed by atoms with Crippen LogP contribution >= 0.6 is 0 Å². The van der Waals surface area contributed by atoms with Crippen molar-refractivity contribution in [3.63, 3.8) is 0 Å². The highest BCUT2D eigenvalue weighted by molar-refractivity contribution is 5.82. The van der Waals surface area contributed by atoms with E-state index in [2.05, 4.69) is 4.98 Å². The van der Waals surface area contributed by atoms with Crippen molar-refractivity contribution < 1.29 is 9.18 Å². The number of hydrogen-bond acceptors (Lipinski definition) is 2. The molecule has 0 bridgehead atoms. The van der Waals surface area contributed by atoms with E-state index >= 15 is 0 Å². The Balaban J connectivity index is 2.89. The molecule has 1 heterocycles. The van der Waals surface area contributed by atoms with Crippen molar-refractivity contribution in [2.24, 2.45) is 0 Å². The quantitative estimate of drug-likeness (QED) is 0.673. The predicted molar refractivity (Wildman–Crippen MR) is 43.3 cm³/mol. The van der Waals surface area contributed by atoms with Gasteiger partial charge in [-0.3, -0.25) is 9.78 Å². The van der Waals surface area contributed by atoms with Crippen LogP contribution in [0.25, 0.3) is 0 Å². The van der Waals surface area contributed by atoms with Crippen LogP contribution in [0.2, 0.25) is 0 Å². The van der Waals surface area contributed by atoms with Gasteiger partial charge in [0.25, 0.3) is 0 Å². The number of carbonyl (C=O) groups is 1. The molecule has 12 heavy (non-hydrogen) atoms. The highest BCUT2D eigenvalue weighted by Crippen LogP contribution is 2.12. The fraction of sp³-hybridized carbons (Fsp3) is 0.333. The first kappa shape index (κ1) is 8.84. The molecule has 0 aromatic carbocycles. The third-order valence-electron chi connectivity index (χ3n) is 1.80. The first-order valence-corrected chi connectivity index (χ1v) is 3.73. The lowest BCUT2D eigenvalue weighted by Crippen LogP contribution is -2.06. The third kappa shape index (κ3) is 1.87. The van der Waals surface area contributed by atoms with E-state index in [1.807, 2.05) is 0 Å². The molecule has 0 aliphatic heterocycles. The Labute approximate surface area is 70.4 Å². The van der Waals surface area contributed by atoms with Crippen molar-refractivity contribution in [1.82, 2.24) is 4.98 Å². The predicted octanol–water partition coefficient (Wildman–Crippen LogP) is 1.91. The lowest BCUT2D eigenvalue weighted by atomic mass is 10.0. The Morgan fingerprint density at radius 2 is 2.25 bits per heavy atom. The van der Waals surface area contributed by atoms with Gasteiger partial charge in [-0.15, -0.1) is 0 Å². The minimum absolute atomic E-state index is 0.0362. The number of aromatic nitrogens is 1. The van der Waals surface area contributed by atoms with Gasteiger partial charge in [0, 0.05) is 0 Å². The molecule has 0 radical (unpaired) electrons. The maximum Gasteiger partial charge on any atom is 0.141 e. The van der Waals surface area contributed by atoms with E-state index in [1.165, 1.54) is 19.1 Å². The van der Waals surface area contributed by atoms with Gasteiger partial charge in [0.05, 0.1) is 17.8 Å². The Hall–Kier alpha value is -1.25. The van der Waals surface area contributed by atoms with E-state index in [9.17, 15) is 9.18 Å². The molecular formula is C9H10FNO. The second kappa shape index (κ2) is 3.43. The lowest BCUT2D eigenvalue weighted by molar-refractivity contribution is -0.118. The zero-order valence-electron chi connectivity index (χ0n) is 7.04. The summed E-state index contributed by atoms with van der Waals surface area (Å²) >= 11 is 0. The molecule has 1 atom stereocenters. The van der Waals surface area contributed by atoms with Crippen molar-refractivity contribution >= 4 is 5.78 Å². The van der Waals surface area contributed by atoms with Crippen LogP contribution in [0.15, 0.2) is 18.3 Å². The van der Waals surface area contributed by atoms with Crippen LogP contribution in [0.1, 0.15) is 25.5 Å². The first-order chi connectivity index (χ1) is 5.61. The number of halogens is 1. The monoisotopic (exact) mass is 167 g/mol. The summed E-state index contributed by atoms with van der Waals surface area (Å²) in [6.07, 6.45) is 1.12. The van der Waals surface area contributed by atoms with Crippen molar-refractivity contribution in [3.05, 3.63) is 29.8 Å². The smallest absolute Gasteiger partial charge is 0.141 e. The van der Waals surface area contributed by atoms with E-state index < -0.39 is 0 Å². The van der Waals surface area contributed by atoms with Crippen molar-refractivity contribution in [3.8, 4) is 0 Å². The third-order valence-corrected chi connectivity index (χ3v) is 1.80. The number of Topliss-reactive ketones (excluding diaryl/α,β-unsaturated/α-hetero) is 1. The second-order valence-electron chi connectivity index (χ2n) is 2.73. The number of nitrogens with zero attached hydrogens (tertiary/aromatic N) is 1. The van der Waals surface area contributed by atoms with Crippen molar-refractivity contribution in [2.75, 3.05) is 0 Å². The molecule has 1 aromatic heterocycles. The minimum Gasteiger partial charge on any atom is -0.299 e. The number of hydrogen-bond donors (Lipinski definition) is 0. The van der Waals surface area contributed by atoms with Gasteiger partial charge in [0.2, 0.25) is 0 Å². The summed E-state index contributed by atoms with van der Waals surface area (Å²) in [6, 6.07) is 2.84. The standard InChI is InChI=1S/C9H10FNO/c1-6(7(2)12)9-4-3-8(10)5-11-9/h3-6H,1-2H3. The molecule has 0 saturated carbocycles. The van der Waals surface area contributed by atoms with E-state index in [-0.39, 0.29) is 17.5 Å². The Morgan fingerprint density at radius 1 is 1.58 bits per heavy atom. The molecule has 0 saturated heterocycles. The Bertz CT molecular complexity index is 281. The van der Waals surface area contributed by atoms with E-state index in [4.69, 9.17) is 0 Å². The van der Waals surface area contributed by atoms with E-state index in [0.717, 1.165) is 6.20 Å². The zero-order chi connectivity index (χ0) is 9.14. The molecule has 2 nitrogen and oxygen atoms in total. The molecule has 1 aromatic rings. The molecule has 0 amide bonds. The van der Waals surface area contributed by atoms with Crippen LogP contribution in [0, 0.1) is 5.82 Å². The lowest BCUT2D eigenvalue weighted by Gasteiger charge is -2.05. The number of ketones is 1. The van der Waals surface area contributed by atoms with Crippen molar-refractivity contribution in [1.29, 1.82) is 0 Å². The summed E-state index contributed by atoms with van der Waals surface area (Å²) in [4.78, 5) is 14.7. The average molecular weight is 167 g/mol. The molecule has 1 rings (SSSR count). The van der Waals surface area contributed by atoms with Gasteiger partial charge in [-0.05, 0) is 26.0 Å². The number of carbonyl (C=O) groups excluding carboxylic acids is 1. The topological polar surface area (TPSA) is 30.0 Å². The maximum atomic E-state index is 12.4. The highest BCUT2D eigenvalue weighted by atomic mass is 19.1. The summed E-state index contributed by atoms with van der Waals surface area (Å²) in [5.41, 5.74) is 0.615. The van der Waals surface area contributed by atoms with Crippen LogP contribution in [-0.2, 0) is 4.79 Å². The molecule has 3 heteroatoms. The van der Waals surface area contributed by atoms with Crippen molar-refractivity contribution in [2.45, 2.75) is 19.8 Å². The zero-order valence-corrected chi connectivity index (χ0v) is 7.04. The van der Waals surface area contributed by atoms with Gasteiger partial charge in [-0.25, -0.2) is 4.39 Å².